The molecule has 1 aromatic rings. The summed E-state index contributed by atoms with van der Waals surface area (Å²) >= 11 is 1.54. The topological polar surface area (TPSA) is 40.5 Å². The van der Waals surface area contributed by atoms with E-state index in [1.54, 1.807) is 11.3 Å². The summed E-state index contributed by atoms with van der Waals surface area (Å²) in [6.07, 6.45) is 0. The van der Waals surface area contributed by atoms with E-state index in [-0.39, 0.29) is 12.5 Å². The molecule has 0 aliphatic rings. The lowest BCUT2D eigenvalue weighted by molar-refractivity contribution is -0.165. The van der Waals surface area contributed by atoms with Crippen molar-refractivity contribution in [2.75, 3.05) is 0 Å². The predicted octanol–water partition coefficient (Wildman–Crippen LogP) is 1.49. The van der Waals surface area contributed by atoms with Gasteiger partial charge in [-0.25, -0.2) is 5.06 Å². The Labute approximate surface area is 68.8 Å². The Morgan fingerprint density at radius 2 is 2.55 bits per heavy atom. The quantitative estimate of drug-likeness (QED) is 0.541. The maximum absolute atomic E-state index is 10.5. The average Bonchev–Trinajstić information content (AvgIpc) is 2.39. The predicted molar refractivity (Wildman–Crippen MR) is 42.3 cm³/mol. The van der Waals surface area contributed by atoms with E-state index in [4.69, 9.17) is 5.21 Å². The molecule has 0 aromatic carbocycles. The van der Waals surface area contributed by atoms with Crippen molar-refractivity contribution < 1.29 is 10.0 Å². The summed E-state index contributed by atoms with van der Waals surface area (Å²) < 4.78 is 0. The van der Waals surface area contributed by atoms with Crippen LogP contribution in [-0.4, -0.2) is 16.2 Å². The first-order chi connectivity index (χ1) is 5.20. The molecule has 0 fully saturated rings. The minimum atomic E-state index is -0.337. The van der Waals surface area contributed by atoms with E-state index in [0.717, 1.165) is 5.56 Å². The van der Waals surface area contributed by atoms with E-state index < -0.39 is 0 Å². The molecule has 11 heavy (non-hydrogen) atoms. The summed E-state index contributed by atoms with van der Waals surface area (Å²) in [5, 5.41) is 13.5. The van der Waals surface area contributed by atoms with Crippen LogP contribution in [0.25, 0.3) is 0 Å². The number of hydrogen-bond donors (Lipinski definition) is 1. The third-order valence-electron chi connectivity index (χ3n) is 1.28. The zero-order valence-corrected chi connectivity index (χ0v) is 6.97. The van der Waals surface area contributed by atoms with Gasteiger partial charge in [-0.2, -0.15) is 11.3 Å². The highest BCUT2D eigenvalue weighted by Gasteiger charge is 2.04. The third kappa shape index (κ3) is 2.32. The molecule has 1 amide bonds. The summed E-state index contributed by atoms with van der Waals surface area (Å²) in [6, 6.07) is 1.87. The normalized spacial score (nSPS) is 9.64. The van der Waals surface area contributed by atoms with Crippen LogP contribution in [0.2, 0.25) is 0 Å². The van der Waals surface area contributed by atoms with Gasteiger partial charge in [0.25, 0.3) is 0 Å². The summed E-state index contributed by atoms with van der Waals surface area (Å²) in [4.78, 5) is 10.5. The molecule has 0 saturated heterocycles. The lowest BCUT2D eigenvalue weighted by atomic mass is 10.3. The molecule has 0 aliphatic heterocycles. The van der Waals surface area contributed by atoms with E-state index in [9.17, 15) is 4.79 Å². The van der Waals surface area contributed by atoms with Crippen molar-refractivity contribution in [3.05, 3.63) is 22.4 Å². The fourth-order valence-electron chi connectivity index (χ4n) is 0.667. The van der Waals surface area contributed by atoms with E-state index in [0.29, 0.717) is 5.06 Å². The Kier molecular flexibility index (Phi) is 2.62. The average molecular weight is 171 g/mol. The van der Waals surface area contributed by atoms with Crippen molar-refractivity contribution in [1.29, 1.82) is 0 Å². The molecule has 0 aliphatic carbocycles. The number of hydrogen-bond acceptors (Lipinski definition) is 3. The smallest absolute Gasteiger partial charge is 0.243 e. The van der Waals surface area contributed by atoms with Crippen molar-refractivity contribution in [2.45, 2.75) is 13.5 Å². The molecular weight excluding hydrogens is 162 g/mol. The molecule has 60 valence electrons. The Hall–Kier alpha value is -0.870. The number of hydroxylamine groups is 2. The molecule has 0 radical (unpaired) electrons. The number of nitrogens with zero attached hydrogens (tertiary/aromatic N) is 1. The fraction of sp³-hybridized carbons (Fsp3) is 0.286. The summed E-state index contributed by atoms with van der Waals surface area (Å²) in [6.45, 7) is 1.60. The van der Waals surface area contributed by atoms with Crippen LogP contribution in [0.1, 0.15) is 12.5 Å². The standard InChI is InChI=1S/C7H9NO2S/c1-6(9)8(10)4-7-2-3-11-5-7/h2-3,5,10H,4H2,1H3. The highest BCUT2D eigenvalue weighted by molar-refractivity contribution is 7.07. The summed E-state index contributed by atoms with van der Waals surface area (Å²) in [5.74, 6) is -0.337. The van der Waals surface area contributed by atoms with Crippen LogP contribution >= 0.6 is 11.3 Å². The Bertz CT molecular complexity index is 233. The molecule has 4 heteroatoms. The molecule has 1 rings (SSSR count). The minimum absolute atomic E-state index is 0.277. The number of carbonyl (C=O) groups excluding carboxylic acids is 1. The molecule has 0 spiro atoms. The molecule has 0 bridgehead atoms. The molecule has 1 aromatic heterocycles. The van der Waals surface area contributed by atoms with Gasteiger partial charge in [0.05, 0.1) is 6.54 Å². The Morgan fingerprint density at radius 3 is 3.00 bits per heavy atom. The van der Waals surface area contributed by atoms with Crippen molar-refractivity contribution >= 4 is 17.2 Å². The van der Waals surface area contributed by atoms with Gasteiger partial charge in [0.1, 0.15) is 0 Å². The minimum Gasteiger partial charge on any atom is -0.286 e. The Morgan fingerprint density at radius 1 is 1.82 bits per heavy atom. The SMILES string of the molecule is CC(=O)N(O)Cc1ccsc1. The maximum atomic E-state index is 10.5. The molecule has 0 atom stereocenters. The zero-order chi connectivity index (χ0) is 8.27. The van der Waals surface area contributed by atoms with Gasteiger partial charge < -0.3 is 0 Å². The van der Waals surface area contributed by atoms with Crippen LogP contribution in [-0.2, 0) is 11.3 Å². The van der Waals surface area contributed by atoms with Gasteiger partial charge in [-0.15, -0.1) is 0 Å². The number of amides is 1. The second kappa shape index (κ2) is 3.50. The van der Waals surface area contributed by atoms with Crippen LogP contribution in [0, 0.1) is 0 Å². The second-order valence-electron chi connectivity index (χ2n) is 2.21. The van der Waals surface area contributed by atoms with Gasteiger partial charge in [-0.3, -0.25) is 10.0 Å². The van der Waals surface area contributed by atoms with Gasteiger partial charge in [0, 0.05) is 6.92 Å². The first-order valence-corrected chi connectivity index (χ1v) is 4.12. The van der Waals surface area contributed by atoms with Gasteiger partial charge in [-0.05, 0) is 22.4 Å². The van der Waals surface area contributed by atoms with E-state index in [1.165, 1.54) is 6.92 Å². The fourth-order valence-corrected chi connectivity index (χ4v) is 1.33. The zero-order valence-electron chi connectivity index (χ0n) is 6.15. The molecule has 1 N–H and O–H groups in total. The Balaban J connectivity index is 2.50. The lowest BCUT2D eigenvalue weighted by Crippen LogP contribution is -2.23. The van der Waals surface area contributed by atoms with E-state index in [2.05, 4.69) is 0 Å². The van der Waals surface area contributed by atoms with Gasteiger partial charge in [-0.1, -0.05) is 0 Å². The second-order valence-corrected chi connectivity index (χ2v) is 2.99. The van der Waals surface area contributed by atoms with Crippen molar-refractivity contribution in [3.63, 3.8) is 0 Å². The van der Waals surface area contributed by atoms with Crippen molar-refractivity contribution in [2.24, 2.45) is 0 Å². The van der Waals surface area contributed by atoms with E-state index >= 15 is 0 Å². The van der Waals surface area contributed by atoms with Crippen LogP contribution < -0.4 is 0 Å². The first-order valence-electron chi connectivity index (χ1n) is 3.18. The van der Waals surface area contributed by atoms with Gasteiger partial charge >= 0.3 is 0 Å². The van der Waals surface area contributed by atoms with Crippen molar-refractivity contribution in [1.82, 2.24) is 5.06 Å². The van der Waals surface area contributed by atoms with Crippen molar-refractivity contribution in [3.8, 4) is 0 Å². The lowest BCUT2D eigenvalue weighted by Gasteiger charge is -2.10. The summed E-state index contributed by atoms with van der Waals surface area (Å²) in [5.41, 5.74) is 0.952. The van der Waals surface area contributed by atoms with Gasteiger partial charge in [0.2, 0.25) is 5.91 Å². The molecule has 0 unspecified atom stereocenters. The number of rotatable bonds is 2. The van der Waals surface area contributed by atoms with Crippen LogP contribution in [0.15, 0.2) is 16.8 Å². The van der Waals surface area contributed by atoms with Gasteiger partial charge in [0.15, 0.2) is 0 Å². The largest absolute Gasteiger partial charge is 0.286 e. The number of thiophene rings is 1. The maximum Gasteiger partial charge on any atom is 0.243 e. The molecule has 3 nitrogen and oxygen atoms in total. The van der Waals surface area contributed by atoms with Crippen LogP contribution in [0.4, 0.5) is 0 Å². The van der Waals surface area contributed by atoms with Crippen LogP contribution in [0.3, 0.4) is 0 Å². The van der Waals surface area contributed by atoms with Crippen LogP contribution in [0.5, 0.6) is 0 Å². The first kappa shape index (κ1) is 8.23. The monoisotopic (exact) mass is 171 g/mol. The highest BCUT2D eigenvalue weighted by Crippen LogP contribution is 2.07. The highest BCUT2D eigenvalue weighted by atomic mass is 32.1. The third-order valence-corrected chi connectivity index (χ3v) is 2.01. The molecule has 1 heterocycles. The van der Waals surface area contributed by atoms with E-state index in [1.807, 2.05) is 16.8 Å². The number of carbonyl (C=O) groups is 1. The molecular formula is C7H9NO2S. The molecule has 0 saturated carbocycles. The summed E-state index contributed by atoms with van der Waals surface area (Å²) in [7, 11) is 0.